The molecule has 0 spiro atoms. The smallest absolute Gasteiger partial charge is 0.271 e. The number of benzene rings is 1. The molecule has 3 rings (SSSR count). The van der Waals surface area contributed by atoms with Gasteiger partial charge < -0.3 is 10.1 Å². The van der Waals surface area contributed by atoms with Crippen molar-refractivity contribution in [3.8, 4) is 0 Å². The van der Waals surface area contributed by atoms with E-state index in [9.17, 15) is 4.79 Å². The number of carbonyl (C=O) groups is 1. The molecule has 0 saturated carbocycles. The summed E-state index contributed by atoms with van der Waals surface area (Å²) >= 11 is 5.90. The van der Waals surface area contributed by atoms with Crippen LogP contribution < -0.4 is 5.32 Å². The highest BCUT2D eigenvalue weighted by Crippen LogP contribution is 2.27. The molecule has 110 valence electrons. The van der Waals surface area contributed by atoms with Gasteiger partial charge >= 0.3 is 0 Å². The van der Waals surface area contributed by atoms with Crippen LogP contribution in [-0.4, -0.2) is 22.2 Å². The van der Waals surface area contributed by atoms with E-state index in [-0.39, 0.29) is 12.0 Å². The molecule has 0 radical (unpaired) electrons. The van der Waals surface area contributed by atoms with Crippen molar-refractivity contribution in [1.82, 2.24) is 15.1 Å². The molecule has 1 aromatic carbocycles. The van der Waals surface area contributed by atoms with Gasteiger partial charge in [-0.2, -0.15) is 5.10 Å². The molecule has 1 atom stereocenters. The monoisotopic (exact) mass is 305 g/mol. The fourth-order valence-corrected chi connectivity index (χ4v) is 2.49. The lowest BCUT2D eigenvalue weighted by atomic mass is 10.1. The molecule has 21 heavy (non-hydrogen) atoms. The lowest BCUT2D eigenvalue weighted by Gasteiger charge is -2.24. The van der Waals surface area contributed by atoms with E-state index in [1.807, 2.05) is 35.9 Å². The zero-order chi connectivity index (χ0) is 14.8. The number of amides is 1. The van der Waals surface area contributed by atoms with Gasteiger partial charge in [0.05, 0.1) is 18.8 Å². The second kappa shape index (κ2) is 5.87. The molecule has 2 heterocycles. The number of fused-ring (bicyclic) bond motifs is 1. The van der Waals surface area contributed by atoms with Crippen molar-refractivity contribution in [3.05, 3.63) is 52.3 Å². The van der Waals surface area contributed by atoms with Crippen LogP contribution in [0.4, 0.5) is 0 Å². The van der Waals surface area contributed by atoms with Gasteiger partial charge in [0.25, 0.3) is 5.91 Å². The Morgan fingerprint density at radius 1 is 1.48 bits per heavy atom. The van der Waals surface area contributed by atoms with Crippen molar-refractivity contribution in [3.63, 3.8) is 0 Å². The maximum atomic E-state index is 11.8. The van der Waals surface area contributed by atoms with E-state index in [1.54, 1.807) is 6.07 Å². The van der Waals surface area contributed by atoms with E-state index >= 15 is 0 Å². The molecule has 0 fully saturated rings. The maximum absolute atomic E-state index is 11.8. The van der Waals surface area contributed by atoms with Crippen molar-refractivity contribution in [2.45, 2.75) is 26.2 Å². The number of carbonyl (C=O) groups excluding carboxylic acids is 1. The van der Waals surface area contributed by atoms with Gasteiger partial charge in [-0.3, -0.25) is 9.48 Å². The fraction of sp³-hybridized carbons (Fsp3) is 0.333. The molecule has 0 bridgehead atoms. The molecular weight excluding hydrogens is 290 g/mol. The molecular formula is C15H16ClN3O2. The first kappa shape index (κ1) is 14.1. The van der Waals surface area contributed by atoms with Gasteiger partial charge in [0.1, 0.15) is 6.10 Å². The third kappa shape index (κ3) is 2.94. The van der Waals surface area contributed by atoms with Crippen LogP contribution in [-0.2, 0) is 17.9 Å². The SMILES string of the molecule is CCNC(=O)c1cc2n(n1)C[C@H](c1ccc(Cl)cc1)OC2. The van der Waals surface area contributed by atoms with Gasteiger partial charge in [-0.25, -0.2) is 0 Å². The van der Waals surface area contributed by atoms with E-state index in [4.69, 9.17) is 16.3 Å². The summed E-state index contributed by atoms with van der Waals surface area (Å²) in [5, 5.41) is 7.81. The zero-order valence-corrected chi connectivity index (χ0v) is 12.4. The molecule has 5 nitrogen and oxygen atoms in total. The van der Waals surface area contributed by atoms with Gasteiger partial charge in [0.2, 0.25) is 0 Å². The Labute approximate surface area is 127 Å². The van der Waals surface area contributed by atoms with Crippen LogP contribution in [0, 0.1) is 0 Å². The predicted octanol–water partition coefficient (Wildman–Crippen LogP) is 2.56. The minimum atomic E-state index is -0.151. The number of nitrogens with zero attached hydrogens (tertiary/aromatic N) is 2. The van der Waals surface area contributed by atoms with Crippen LogP contribution in [0.3, 0.4) is 0 Å². The Morgan fingerprint density at radius 2 is 2.24 bits per heavy atom. The van der Waals surface area contributed by atoms with Crippen LogP contribution in [0.15, 0.2) is 30.3 Å². The highest BCUT2D eigenvalue weighted by molar-refractivity contribution is 6.30. The van der Waals surface area contributed by atoms with Gasteiger partial charge in [-0.1, -0.05) is 23.7 Å². The Balaban J connectivity index is 1.79. The lowest BCUT2D eigenvalue weighted by molar-refractivity contribution is -0.00119. The van der Waals surface area contributed by atoms with Crippen molar-refractivity contribution in [1.29, 1.82) is 0 Å². The molecule has 6 heteroatoms. The number of ether oxygens (including phenoxy) is 1. The first-order valence-corrected chi connectivity index (χ1v) is 7.27. The fourth-order valence-electron chi connectivity index (χ4n) is 2.37. The van der Waals surface area contributed by atoms with Crippen LogP contribution >= 0.6 is 11.6 Å². The third-order valence-corrected chi connectivity index (χ3v) is 3.70. The second-order valence-corrected chi connectivity index (χ2v) is 5.35. The first-order chi connectivity index (χ1) is 10.2. The molecule has 1 amide bonds. The van der Waals surface area contributed by atoms with Crippen molar-refractivity contribution in [2.75, 3.05) is 6.54 Å². The zero-order valence-electron chi connectivity index (χ0n) is 11.7. The number of rotatable bonds is 3. The largest absolute Gasteiger partial charge is 0.365 e. The van der Waals surface area contributed by atoms with Crippen molar-refractivity contribution in [2.24, 2.45) is 0 Å². The predicted molar refractivity (Wildman–Crippen MR) is 79.2 cm³/mol. The molecule has 1 aliphatic heterocycles. The first-order valence-electron chi connectivity index (χ1n) is 6.89. The van der Waals surface area contributed by atoms with Crippen LogP contribution in [0.5, 0.6) is 0 Å². The Kier molecular flexibility index (Phi) is 3.94. The quantitative estimate of drug-likeness (QED) is 0.948. The molecule has 0 unspecified atom stereocenters. The Bertz CT molecular complexity index is 651. The summed E-state index contributed by atoms with van der Waals surface area (Å²) in [4.78, 5) is 11.8. The molecule has 2 aromatic rings. The Hall–Kier alpha value is -1.85. The minimum absolute atomic E-state index is 0.0725. The van der Waals surface area contributed by atoms with Crippen molar-refractivity contribution < 1.29 is 9.53 Å². The molecule has 1 N–H and O–H groups in total. The molecule has 0 aliphatic carbocycles. The second-order valence-electron chi connectivity index (χ2n) is 4.91. The van der Waals surface area contributed by atoms with Gasteiger partial charge in [0.15, 0.2) is 5.69 Å². The van der Waals surface area contributed by atoms with Gasteiger partial charge in [0, 0.05) is 11.6 Å². The average molecular weight is 306 g/mol. The minimum Gasteiger partial charge on any atom is -0.365 e. The number of halogens is 1. The molecule has 0 saturated heterocycles. The number of nitrogens with one attached hydrogen (secondary N) is 1. The van der Waals surface area contributed by atoms with E-state index in [0.717, 1.165) is 11.3 Å². The average Bonchev–Trinajstić information content (AvgIpc) is 2.91. The normalized spacial score (nSPS) is 17.3. The van der Waals surface area contributed by atoms with E-state index in [1.165, 1.54) is 0 Å². The Morgan fingerprint density at radius 3 is 2.95 bits per heavy atom. The topological polar surface area (TPSA) is 56.2 Å². The van der Waals surface area contributed by atoms with Crippen LogP contribution in [0.25, 0.3) is 0 Å². The summed E-state index contributed by atoms with van der Waals surface area (Å²) < 4.78 is 7.69. The lowest BCUT2D eigenvalue weighted by Crippen LogP contribution is -2.24. The summed E-state index contributed by atoms with van der Waals surface area (Å²) in [6, 6.07) is 9.37. The highest BCUT2D eigenvalue weighted by atomic mass is 35.5. The van der Waals surface area contributed by atoms with E-state index in [2.05, 4.69) is 10.4 Å². The summed E-state index contributed by atoms with van der Waals surface area (Å²) in [6.07, 6.45) is -0.0725. The maximum Gasteiger partial charge on any atom is 0.271 e. The number of hydrogen-bond acceptors (Lipinski definition) is 3. The summed E-state index contributed by atoms with van der Waals surface area (Å²) in [5.41, 5.74) is 2.41. The van der Waals surface area contributed by atoms with Crippen LogP contribution in [0.2, 0.25) is 5.02 Å². The number of aromatic nitrogens is 2. The molecule has 1 aromatic heterocycles. The van der Waals surface area contributed by atoms with Crippen molar-refractivity contribution >= 4 is 17.5 Å². The van der Waals surface area contributed by atoms with E-state index in [0.29, 0.717) is 30.4 Å². The summed E-state index contributed by atoms with van der Waals surface area (Å²) in [7, 11) is 0. The standard InChI is InChI=1S/C15H16ClN3O2/c1-2-17-15(20)13-7-12-9-21-14(8-19(12)18-13)10-3-5-11(16)6-4-10/h3-7,14H,2,8-9H2,1H3,(H,17,20)/t14-/m1/s1. The summed E-state index contributed by atoms with van der Waals surface area (Å²) in [6.45, 7) is 3.51. The van der Waals surface area contributed by atoms with Gasteiger partial charge in [-0.15, -0.1) is 0 Å². The van der Waals surface area contributed by atoms with Gasteiger partial charge in [-0.05, 0) is 30.7 Å². The molecule has 1 aliphatic rings. The highest BCUT2D eigenvalue weighted by Gasteiger charge is 2.23. The number of hydrogen-bond donors (Lipinski definition) is 1. The van der Waals surface area contributed by atoms with Crippen LogP contribution in [0.1, 0.15) is 34.8 Å². The third-order valence-electron chi connectivity index (χ3n) is 3.45. The van der Waals surface area contributed by atoms with E-state index < -0.39 is 0 Å². The summed E-state index contributed by atoms with van der Waals surface area (Å²) in [5.74, 6) is -0.151.